The number of hydrogen-bond acceptors (Lipinski definition) is 0. The van der Waals surface area contributed by atoms with E-state index in [1.54, 1.807) is 5.56 Å². The van der Waals surface area contributed by atoms with Crippen molar-refractivity contribution >= 4 is 5.57 Å². The van der Waals surface area contributed by atoms with Gasteiger partial charge in [-0.3, -0.25) is 0 Å². The lowest BCUT2D eigenvalue weighted by molar-refractivity contribution is 0.960. The molecule has 1 aliphatic rings. The lowest BCUT2D eigenvalue weighted by atomic mass is 9.86. The number of benzene rings is 1. The van der Waals surface area contributed by atoms with E-state index in [9.17, 15) is 0 Å². The van der Waals surface area contributed by atoms with Gasteiger partial charge in [0, 0.05) is 5.92 Å². The third-order valence-electron chi connectivity index (χ3n) is 4.09. The maximum Gasteiger partial charge on any atom is 0.000435 e. The summed E-state index contributed by atoms with van der Waals surface area (Å²) in [4.78, 5) is 0. The molecule has 1 atom stereocenters. The van der Waals surface area contributed by atoms with Gasteiger partial charge in [0.15, 0.2) is 0 Å². The molecule has 0 fully saturated rings. The van der Waals surface area contributed by atoms with E-state index in [1.807, 2.05) is 0 Å². The van der Waals surface area contributed by atoms with E-state index in [2.05, 4.69) is 47.6 Å². The van der Waals surface area contributed by atoms with Gasteiger partial charge in [0.2, 0.25) is 0 Å². The zero-order valence-electron chi connectivity index (χ0n) is 10.7. The van der Waals surface area contributed by atoms with E-state index in [1.165, 1.54) is 33.4 Å². The van der Waals surface area contributed by atoms with Crippen molar-refractivity contribution in [2.45, 2.75) is 47.5 Å². The molecule has 1 unspecified atom stereocenters. The van der Waals surface area contributed by atoms with Gasteiger partial charge < -0.3 is 0 Å². The van der Waals surface area contributed by atoms with Gasteiger partial charge in [-0.1, -0.05) is 13.0 Å². The van der Waals surface area contributed by atoms with Crippen molar-refractivity contribution in [3.05, 3.63) is 39.5 Å². The average Bonchev–Trinajstić information content (AvgIpc) is 2.47. The molecule has 0 aromatic heterocycles. The summed E-state index contributed by atoms with van der Waals surface area (Å²) in [5, 5.41) is 0. The van der Waals surface area contributed by atoms with Crippen molar-refractivity contribution in [2.24, 2.45) is 0 Å². The molecule has 0 nitrogen and oxygen atoms in total. The fourth-order valence-corrected chi connectivity index (χ4v) is 2.96. The number of rotatable bonds is 0. The highest BCUT2D eigenvalue weighted by Crippen LogP contribution is 2.41. The Bertz CT molecular complexity index is 462. The molecule has 0 saturated heterocycles. The summed E-state index contributed by atoms with van der Waals surface area (Å²) < 4.78 is 0. The van der Waals surface area contributed by atoms with E-state index in [0.29, 0.717) is 5.92 Å². The molecule has 0 heteroatoms. The highest BCUT2D eigenvalue weighted by atomic mass is 14.3. The number of allylic oxidation sites excluding steroid dienone is 2. The lowest BCUT2D eigenvalue weighted by Gasteiger charge is -2.18. The predicted molar refractivity (Wildman–Crippen MR) is 67.5 cm³/mol. The van der Waals surface area contributed by atoms with Crippen molar-refractivity contribution in [3.63, 3.8) is 0 Å². The maximum atomic E-state index is 2.39. The van der Waals surface area contributed by atoms with Gasteiger partial charge in [-0.05, 0) is 73.6 Å². The topological polar surface area (TPSA) is 0 Å². The van der Waals surface area contributed by atoms with E-state index >= 15 is 0 Å². The first-order chi connectivity index (χ1) is 6.95. The van der Waals surface area contributed by atoms with Crippen molar-refractivity contribution in [1.29, 1.82) is 0 Å². The van der Waals surface area contributed by atoms with Crippen LogP contribution in [0.5, 0.6) is 0 Å². The summed E-state index contributed by atoms with van der Waals surface area (Å²) in [5.74, 6) is 0.595. The third-order valence-corrected chi connectivity index (χ3v) is 4.09. The molecular weight excluding hydrogens is 180 g/mol. The van der Waals surface area contributed by atoms with Crippen LogP contribution < -0.4 is 0 Å². The largest absolute Gasteiger partial charge is 0.0737 e. The second kappa shape index (κ2) is 3.23. The fraction of sp³-hybridized carbons (Fsp3) is 0.467. The highest BCUT2D eigenvalue weighted by Gasteiger charge is 2.23. The molecule has 1 aliphatic carbocycles. The molecule has 0 aliphatic heterocycles. The zero-order chi connectivity index (χ0) is 11.3. The summed E-state index contributed by atoms with van der Waals surface area (Å²) in [7, 11) is 0. The normalized spacial score (nSPS) is 19.1. The quantitative estimate of drug-likeness (QED) is 0.580. The van der Waals surface area contributed by atoms with Crippen LogP contribution in [0.2, 0.25) is 0 Å². The van der Waals surface area contributed by atoms with E-state index in [0.717, 1.165) is 0 Å². The Morgan fingerprint density at radius 1 is 0.800 bits per heavy atom. The summed E-state index contributed by atoms with van der Waals surface area (Å²) >= 11 is 0. The second-order valence-corrected chi connectivity index (χ2v) is 4.93. The molecule has 15 heavy (non-hydrogen) atoms. The van der Waals surface area contributed by atoms with Gasteiger partial charge in [-0.2, -0.15) is 0 Å². The minimum atomic E-state index is 0.595. The van der Waals surface area contributed by atoms with Gasteiger partial charge in [0.25, 0.3) is 0 Å². The molecule has 0 amide bonds. The molecule has 2 rings (SSSR count). The molecule has 0 spiro atoms. The first kappa shape index (κ1) is 10.5. The van der Waals surface area contributed by atoms with Gasteiger partial charge in [0.1, 0.15) is 0 Å². The van der Waals surface area contributed by atoms with Crippen LogP contribution in [0.25, 0.3) is 5.57 Å². The van der Waals surface area contributed by atoms with Crippen molar-refractivity contribution in [3.8, 4) is 0 Å². The van der Waals surface area contributed by atoms with E-state index < -0.39 is 0 Å². The summed E-state index contributed by atoms with van der Waals surface area (Å²) in [6.45, 7) is 13.6. The Kier molecular flexibility index (Phi) is 2.26. The van der Waals surface area contributed by atoms with Crippen LogP contribution in [0.15, 0.2) is 6.08 Å². The third kappa shape index (κ3) is 1.27. The molecular formula is C15H20. The molecule has 0 saturated carbocycles. The molecule has 80 valence electrons. The van der Waals surface area contributed by atoms with Crippen LogP contribution >= 0.6 is 0 Å². The first-order valence-electron chi connectivity index (χ1n) is 5.74. The molecule has 1 aromatic rings. The maximum absolute atomic E-state index is 2.39. The minimum absolute atomic E-state index is 0.595. The first-order valence-corrected chi connectivity index (χ1v) is 5.74. The standard InChI is InChI=1S/C15H20/c1-8-7-9(2)15-13(6)11(4)10(3)12(5)14(8)15/h7-8H,1-6H3. The number of fused-ring (bicyclic) bond motifs is 1. The zero-order valence-corrected chi connectivity index (χ0v) is 10.7. The van der Waals surface area contributed by atoms with Crippen LogP contribution in [-0.2, 0) is 0 Å². The van der Waals surface area contributed by atoms with Crippen LogP contribution in [0.3, 0.4) is 0 Å². The molecule has 1 aromatic carbocycles. The van der Waals surface area contributed by atoms with Crippen LogP contribution in [0.4, 0.5) is 0 Å². The molecule has 0 radical (unpaired) electrons. The minimum Gasteiger partial charge on any atom is -0.0737 e. The van der Waals surface area contributed by atoms with Crippen molar-refractivity contribution < 1.29 is 0 Å². The van der Waals surface area contributed by atoms with Crippen molar-refractivity contribution in [2.75, 3.05) is 0 Å². The molecule has 0 bridgehead atoms. The Hall–Kier alpha value is -1.04. The monoisotopic (exact) mass is 200 g/mol. The van der Waals surface area contributed by atoms with Crippen LogP contribution in [0.1, 0.15) is 53.1 Å². The highest BCUT2D eigenvalue weighted by molar-refractivity contribution is 5.78. The fourth-order valence-electron chi connectivity index (χ4n) is 2.96. The molecule has 0 heterocycles. The summed E-state index contributed by atoms with van der Waals surface area (Å²) in [6.07, 6.45) is 2.39. The van der Waals surface area contributed by atoms with Crippen LogP contribution in [0, 0.1) is 27.7 Å². The second-order valence-electron chi connectivity index (χ2n) is 4.93. The average molecular weight is 200 g/mol. The number of hydrogen-bond donors (Lipinski definition) is 0. The van der Waals surface area contributed by atoms with Gasteiger partial charge in [0.05, 0.1) is 0 Å². The SMILES string of the molecule is CC1=CC(C)c2c(C)c(C)c(C)c(C)c21. The Balaban J connectivity index is 2.86. The van der Waals surface area contributed by atoms with Crippen molar-refractivity contribution in [1.82, 2.24) is 0 Å². The van der Waals surface area contributed by atoms with E-state index in [4.69, 9.17) is 0 Å². The van der Waals surface area contributed by atoms with E-state index in [-0.39, 0.29) is 0 Å². The summed E-state index contributed by atoms with van der Waals surface area (Å²) in [6, 6.07) is 0. The smallest absolute Gasteiger partial charge is 0.000435 e. The lowest BCUT2D eigenvalue weighted by Crippen LogP contribution is -2.02. The predicted octanol–water partition coefficient (Wildman–Crippen LogP) is 4.44. The van der Waals surface area contributed by atoms with Gasteiger partial charge in [-0.15, -0.1) is 0 Å². The Morgan fingerprint density at radius 2 is 1.33 bits per heavy atom. The molecule has 0 N–H and O–H groups in total. The summed E-state index contributed by atoms with van der Waals surface area (Å²) in [5.41, 5.74) is 10.5. The Morgan fingerprint density at radius 3 is 1.93 bits per heavy atom. The van der Waals surface area contributed by atoms with Gasteiger partial charge in [-0.25, -0.2) is 0 Å². The van der Waals surface area contributed by atoms with Crippen LogP contribution in [-0.4, -0.2) is 0 Å². The Labute approximate surface area is 93.0 Å². The van der Waals surface area contributed by atoms with Gasteiger partial charge >= 0.3 is 0 Å².